The number of hydrogen-bond donors (Lipinski definition) is 2. The molecular formula is C12H14N2OS2. The first-order valence-corrected chi connectivity index (χ1v) is 7.61. The molecule has 2 aromatic rings. The Balaban J connectivity index is 2.05. The maximum atomic E-state index is 9.46. The van der Waals surface area contributed by atoms with Crippen LogP contribution in [-0.2, 0) is 5.54 Å². The fourth-order valence-corrected chi connectivity index (χ4v) is 4.45. The summed E-state index contributed by atoms with van der Waals surface area (Å²) in [6.45, 7) is 0. The molecule has 1 fully saturated rings. The van der Waals surface area contributed by atoms with Crippen LogP contribution in [0.25, 0.3) is 10.2 Å². The molecule has 3 rings (SSSR count). The van der Waals surface area contributed by atoms with Crippen molar-refractivity contribution in [2.24, 2.45) is 5.73 Å². The Hall–Kier alpha value is -0.780. The number of thiazole rings is 1. The molecule has 0 aliphatic carbocycles. The third-order valence-electron chi connectivity index (χ3n) is 3.18. The molecule has 3 N–H and O–H groups in total. The van der Waals surface area contributed by atoms with Crippen molar-refractivity contribution in [2.45, 2.75) is 18.4 Å². The fourth-order valence-electron chi connectivity index (χ4n) is 2.08. The number of aromatic hydroxyl groups is 1. The van der Waals surface area contributed by atoms with Crippen molar-refractivity contribution in [3.05, 3.63) is 23.2 Å². The topological polar surface area (TPSA) is 59.1 Å². The van der Waals surface area contributed by atoms with E-state index < -0.39 is 0 Å². The number of phenolic OH excluding ortho intramolecular Hbond substituents is 1. The summed E-state index contributed by atoms with van der Waals surface area (Å²) in [5.41, 5.74) is 7.13. The smallest absolute Gasteiger partial charge is 0.117 e. The second-order valence-corrected chi connectivity index (χ2v) is 6.69. The van der Waals surface area contributed by atoms with Crippen LogP contribution in [0.4, 0.5) is 0 Å². The van der Waals surface area contributed by atoms with E-state index in [1.54, 1.807) is 23.5 Å². The van der Waals surface area contributed by atoms with Gasteiger partial charge >= 0.3 is 0 Å². The van der Waals surface area contributed by atoms with Crippen LogP contribution in [0.3, 0.4) is 0 Å². The van der Waals surface area contributed by atoms with Crippen LogP contribution in [0, 0.1) is 0 Å². The monoisotopic (exact) mass is 266 g/mol. The molecule has 5 heteroatoms. The number of rotatable bonds is 1. The van der Waals surface area contributed by atoms with Crippen molar-refractivity contribution < 1.29 is 5.11 Å². The number of phenols is 1. The highest BCUT2D eigenvalue weighted by molar-refractivity contribution is 7.99. The van der Waals surface area contributed by atoms with Gasteiger partial charge in [0.15, 0.2) is 0 Å². The molecule has 1 aliphatic rings. The lowest BCUT2D eigenvalue weighted by molar-refractivity contribution is 0.409. The highest BCUT2D eigenvalue weighted by Crippen LogP contribution is 2.38. The second kappa shape index (κ2) is 4.15. The molecule has 0 spiro atoms. The van der Waals surface area contributed by atoms with Gasteiger partial charge in [-0.25, -0.2) is 4.98 Å². The molecule has 0 unspecified atom stereocenters. The van der Waals surface area contributed by atoms with Gasteiger partial charge in [0.1, 0.15) is 10.8 Å². The first-order chi connectivity index (χ1) is 8.17. The highest BCUT2D eigenvalue weighted by atomic mass is 32.2. The number of thioether (sulfide) groups is 1. The normalized spacial score (nSPS) is 19.6. The zero-order valence-corrected chi connectivity index (χ0v) is 11.0. The fraction of sp³-hybridized carbons (Fsp3) is 0.417. The molecule has 90 valence electrons. The Morgan fingerprint density at radius 3 is 2.82 bits per heavy atom. The SMILES string of the molecule is NC1(c2nc3ccc(O)cc3s2)CCSCC1. The number of fused-ring (bicyclic) bond motifs is 1. The predicted octanol–water partition coefficient (Wildman–Crippen LogP) is 2.68. The van der Waals surface area contributed by atoms with Crippen LogP contribution in [0.5, 0.6) is 5.75 Å². The second-order valence-electron chi connectivity index (χ2n) is 4.44. The Morgan fingerprint density at radius 2 is 2.06 bits per heavy atom. The molecule has 1 aliphatic heterocycles. The van der Waals surface area contributed by atoms with Gasteiger partial charge < -0.3 is 10.8 Å². The van der Waals surface area contributed by atoms with Crippen LogP contribution in [0.2, 0.25) is 0 Å². The molecule has 2 heterocycles. The molecular weight excluding hydrogens is 252 g/mol. The molecule has 17 heavy (non-hydrogen) atoms. The number of benzene rings is 1. The van der Waals surface area contributed by atoms with Crippen molar-refractivity contribution in [1.29, 1.82) is 0 Å². The van der Waals surface area contributed by atoms with Gasteiger partial charge in [-0.05, 0) is 42.5 Å². The van der Waals surface area contributed by atoms with Crippen LogP contribution < -0.4 is 5.73 Å². The zero-order valence-electron chi connectivity index (χ0n) is 9.35. The van der Waals surface area contributed by atoms with E-state index in [0.717, 1.165) is 39.6 Å². The average Bonchev–Trinajstić information content (AvgIpc) is 2.73. The summed E-state index contributed by atoms with van der Waals surface area (Å²) in [5, 5.41) is 10.5. The summed E-state index contributed by atoms with van der Waals surface area (Å²) in [5.74, 6) is 2.51. The third kappa shape index (κ3) is 2.03. The van der Waals surface area contributed by atoms with Crippen LogP contribution in [0.1, 0.15) is 17.8 Å². The highest BCUT2D eigenvalue weighted by Gasteiger charge is 2.32. The average molecular weight is 266 g/mol. The Bertz CT molecular complexity index is 546. The molecule has 1 aromatic heterocycles. The van der Waals surface area contributed by atoms with E-state index in [0.29, 0.717) is 0 Å². The number of nitrogens with zero attached hydrogens (tertiary/aromatic N) is 1. The minimum absolute atomic E-state index is 0.259. The first kappa shape index (κ1) is 11.3. The molecule has 0 radical (unpaired) electrons. The summed E-state index contributed by atoms with van der Waals surface area (Å²) in [6.07, 6.45) is 1.98. The van der Waals surface area contributed by atoms with Gasteiger partial charge in [0.2, 0.25) is 0 Å². The third-order valence-corrected chi connectivity index (χ3v) is 5.41. The minimum Gasteiger partial charge on any atom is -0.508 e. The van der Waals surface area contributed by atoms with E-state index >= 15 is 0 Å². The molecule has 0 amide bonds. The van der Waals surface area contributed by atoms with Gasteiger partial charge in [0.25, 0.3) is 0 Å². The molecule has 3 nitrogen and oxygen atoms in total. The molecule has 1 saturated heterocycles. The van der Waals surface area contributed by atoms with E-state index in [1.165, 1.54) is 0 Å². The van der Waals surface area contributed by atoms with Crippen LogP contribution in [0.15, 0.2) is 18.2 Å². The van der Waals surface area contributed by atoms with Gasteiger partial charge in [0.05, 0.1) is 15.8 Å². The Morgan fingerprint density at radius 1 is 1.29 bits per heavy atom. The van der Waals surface area contributed by atoms with E-state index in [1.807, 2.05) is 17.8 Å². The van der Waals surface area contributed by atoms with E-state index in [2.05, 4.69) is 4.98 Å². The summed E-state index contributed by atoms with van der Waals surface area (Å²) in [7, 11) is 0. The number of aromatic nitrogens is 1. The summed E-state index contributed by atoms with van der Waals surface area (Å²) in [4.78, 5) is 4.62. The molecule has 0 saturated carbocycles. The van der Waals surface area contributed by atoms with Gasteiger partial charge in [0, 0.05) is 0 Å². The van der Waals surface area contributed by atoms with E-state index in [9.17, 15) is 5.11 Å². The number of hydrogen-bond acceptors (Lipinski definition) is 5. The maximum Gasteiger partial charge on any atom is 0.117 e. The first-order valence-electron chi connectivity index (χ1n) is 5.64. The van der Waals surface area contributed by atoms with E-state index in [4.69, 9.17) is 5.73 Å². The van der Waals surface area contributed by atoms with Crippen molar-refractivity contribution in [2.75, 3.05) is 11.5 Å². The van der Waals surface area contributed by atoms with Gasteiger partial charge in [-0.15, -0.1) is 11.3 Å². The minimum atomic E-state index is -0.259. The summed E-state index contributed by atoms with van der Waals surface area (Å²) in [6, 6.07) is 5.29. The Labute approximate surface area is 108 Å². The predicted molar refractivity (Wildman–Crippen MR) is 73.7 cm³/mol. The van der Waals surface area contributed by atoms with E-state index in [-0.39, 0.29) is 11.3 Å². The zero-order chi connectivity index (χ0) is 11.9. The van der Waals surface area contributed by atoms with Crippen LogP contribution >= 0.6 is 23.1 Å². The van der Waals surface area contributed by atoms with Crippen molar-refractivity contribution in [3.63, 3.8) is 0 Å². The standard InChI is InChI=1S/C12H14N2OS2/c13-12(3-5-16-6-4-12)11-14-9-2-1-8(15)7-10(9)17-11/h1-2,7,15H,3-6,13H2. The number of nitrogens with two attached hydrogens (primary N) is 1. The quantitative estimate of drug-likeness (QED) is 0.833. The van der Waals surface area contributed by atoms with Crippen molar-refractivity contribution in [1.82, 2.24) is 4.98 Å². The summed E-state index contributed by atoms with van der Waals surface area (Å²) < 4.78 is 1.02. The molecule has 1 aromatic carbocycles. The lowest BCUT2D eigenvalue weighted by atomic mass is 9.95. The van der Waals surface area contributed by atoms with Crippen molar-refractivity contribution in [3.8, 4) is 5.75 Å². The van der Waals surface area contributed by atoms with Gasteiger partial charge in [-0.2, -0.15) is 11.8 Å². The van der Waals surface area contributed by atoms with Crippen LogP contribution in [-0.4, -0.2) is 21.6 Å². The summed E-state index contributed by atoms with van der Waals surface area (Å²) >= 11 is 3.57. The van der Waals surface area contributed by atoms with Gasteiger partial charge in [-0.1, -0.05) is 0 Å². The lowest BCUT2D eigenvalue weighted by Gasteiger charge is -2.30. The largest absolute Gasteiger partial charge is 0.508 e. The van der Waals surface area contributed by atoms with Gasteiger partial charge in [-0.3, -0.25) is 0 Å². The molecule has 0 bridgehead atoms. The lowest BCUT2D eigenvalue weighted by Crippen LogP contribution is -2.40. The molecule has 0 atom stereocenters. The Kier molecular flexibility index (Phi) is 2.77. The maximum absolute atomic E-state index is 9.46. The van der Waals surface area contributed by atoms with Crippen molar-refractivity contribution >= 4 is 33.3 Å².